The lowest BCUT2D eigenvalue weighted by Crippen LogP contribution is -2.15. The summed E-state index contributed by atoms with van der Waals surface area (Å²) in [7, 11) is 0. The second kappa shape index (κ2) is 5.46. The maximum atomic E-state index is 4.00. The topological polar surface area (TPSA) is 69.4 Å². The van der Waals surface area contributed by atoms with Crippen molar-refractivity contribution in [3.05, 3.63) is 35.7 Å². The largest absolute Gasteiger partial charge is 0.347 e. The first kappa shape index (κ1) is 10.9. The molecule has 0 fully saturated rings. The number of aryl methyl sites for hydroxylation is 2. The Morgan fingerprint density at radius 3 is 3.00 bits per heavy atom. The number of rotatable bonds is 6. The van der Waals surface area contributed by atoms with Crippen molar-refractivity contribution >= 4 is 0 Å². The first-order valence-corrected chi connectivity index (χ1v) is 5.53. The van der Waals surface area contributed by atoms with Gasteiger partial charge in [0.1, 0.15) is 0 Å². The Hall–Kier alpha value is -1.62. The molecule has 3 N–H and O–H groups in total. The van der Waals surface area contributed by atoms with E-state index in [4.69, 9.17) is 0 Å². The van der Waals surface area contributed by atoms with Gasteiger partial charge in [-0.2, -0.15) is 5.10 Å². The van der Waals surface area contributed by atoms with Crippen molar-refractivity contribution < 1.29 is 0 Å². The smallest absolute Gasteiger partial charge is 0.0922 e. The zero-order chi connectivity index (χ0) is 11.2. The van der Waals surface area contributed by atoms with E-state index >= 15 is 0 Å². The molecule has 0 atom stereocenters. The molecule has 2 rings (SSSR count). The molecule has 0 bridgehead atoms. The first-order valence-electron chi connectivity index (χ1n) is 5.53. The lowest BCUT2D eigenvalue weighted by atomic mass is 10.1. The van der Waals surface area contributed by atoms with Crippen molar-refractivity contribution in [1.82, 2.24) is 25.5 Å². The van der Waals surface area contributed by atoms with Crippen LogP contribution in [0.3, 0.4) is 0 Å². The number of hydrogen-bond donors (Lipinski definition) is 3. The van der Waals surface area contributed by atoms with Crippen LogP contribution in [0.1, 0.15) is 23.4 Å². The van der Waals surface area contributed by atoms with Crippen LogP contribution in [0.25, 0.3) is 0 Å². The first-order chi connectivity index (χ1) is 7.86. The molecule has 2 aromatic rings. The molecule has 0 aliphatic heterocycles. The highest BCUT2D eigenvalue weighted by Gasteiger charge is 1.99. The molecular formula is C11H17N5. The van der Waals surface area contributed by atoms with E-state index in [1.165, 1.54) is 11.3 Å². The predicted molar refractivity (Wildman–Crippen MR) is 61.9 cm³/mol. The molecule has 5 heteroatoms. The maximum absolute atomic E-state index is 4.00. The number of aromatic nitrogens is 4. The molecular weight excluding hydrogens is 202 g/mol. The average Bonchev–Trinajstić information content (AvgIpc) is 2.90. The maximum Gasteiger partial charge on any atom is 0.0922 e. The van der Waals surface area contributed by atoms with Crippen LogP contribution in [0.4, 0.5) is 0 Å². The van der Waals surface area contributed by atoms with Crippen molar-refractivity contribution in [2.24, 2.45) is 0 Å². The summed E-state index contributed by atoms with van der Waals surface area (Å²) >= 11 is 0. The van der Waals surface area contributed by atoms with Crippen LogP contribution in [-0.2, 0) is 13.0 Å². The summed E-state index contributed by atoms with van der Waals surface area (Å²) in [4.78, 5) is 7.03. The highest BCUT2D eigenvalue weighted by molar-refractivity contribution is 5.14. The van der Waals surface area contributed by atoms with Gasteiger partial charge >= 0.3 is 0 Å². The highest BCUT2D eigenvalue weighted by atomic mass is 15.1. The summed E-state index contributed by atoms with van der Waals surface area (Å²) in [5.41, 5.74) is 3.61. The lowest BCUT2D eigenvalue weighted by Gasteiger charge is -2.02. The van der Waals surface area contributed by atoms with Gasteiger partial charge in [0, 0.05) is 24.1 Å². The fourth-order valence-corrected chi connectivity index (χ4v) is 1.64. The van der Waals surface area contributed by atoms with Crippen LogP contribution in [0.5, 0.6) is 0 Å². The lowest BCUT2D eigenvalue weighted by molar-refractivity contribution is 0.641. The highest BCUT2D eigenvalue weighted by Crippen LogP contribution is 2.05. The number of imidazole rings is 1. The molecule has 0 saturated carbocycles. The Balaban J connectivity index is 1.61. The Kier molecular flexibility index (Phi) is 3.71. The summed E-state index contributed by atoms with van der Waals surface area (Å²) in [6, 6.07) is 0. The molecule has 16 heavy (non-hydrogen) atoms. The Labute approximate surface area is 94.7 Å². The summed E-state index contributed by atoms with van der Waals surface area (Å²) in [6.45, 7) is 3.91. The van der Waals surface area contributed by atoms with E-state index < -0.39 is 0 Å². The number of nitrogens with one attached hydrogen (secondary N) is 3. The molecule has 0 unspecified atom stereocenters. The van der Waals surface area contributed by atoms with Crippen LogP contribution >= 0.6 is 0 Å². The third kappa shape index (κ3) is 2.93. The number of aromatic amines is 2. The van der Waals surface area contributed by atoms with Crippen LogP contribution in [-0.4, -0.2) is 26.7 Å². The minimum Gasteiger partial charge on any atom is -0.347 e. The van der Waals surface area contributed by atoms with Crippen molar-refractivity contribution in [3.8, 4) is 0 Å². The van der Waals surface area contributed by atoms with Crippen molar-refractivity contribution in [1.29, 1.82) is 0 Å². The molecule has 2 heterocycles. The molecule has 5 nitrogen and oxygen atoms in total. The van der Waals surface area contributed by atoms with Crippen LogP contribution in [0, 0.1) is 6.92 Å². The molecule has 0 amide bonds. The molecule has 0 aliphatic carbocycles. The molecule has 0 radical (unpaired) electrons. The van der Waals surface area contributed by atoms with Gasteiger partial charge in [0.25, 0.3) is 0 Å². The summed E-state index contributed by atoms with van der Waals surface area (Å²) in [5, 5.41) is 10.3. The van der Waals surface area contributed by atoms with E-state index in [-0.39, 0.29) is 0 Å². The zero-order valence-electron chi connectivity index (χ0n) is 9.45. The van der Waals surface area contributed by atoms with Crippen LogP contribution < -0.4 is 5.32 Å². The van der Waals surface area contributed by atoms with Gasteiger partial charge in [-0.05, 0) is 31.9 Å². The molecule has 0 aliphatic rings. The van der Waals surface area contributed by atoms with Gasteiger partial charge < -0.3 is 10.3 Å². The number of nitrogens with zero attached hydrogens (tertiary/aromatic N) is 2. The Bertz CT molecular complexity index is 404. The van der Waals surface area contributed by atoms with Gasteiger partial charge in [-0.1, -0.05) is 0 Å². The van der Waals surface area contributed by atoms with E-state index in [9.17, 15) is 0 Å². The van der Waals surface area contributed by atoms with Gasteiger partial charge in [0.05, 0.1) is 12.5 Å². The van der Waals surface area contributed by atoms with Crippen molar-refractivity contribution in [2.75, 3.05) is 6.54 Å². The van der Waals surface area contributed by atoms with Gasteiger partial charge in [-0.15, -0.1) is 0 Å². The zero-order valence-corrected chi connectivity index (χ0v) is 9.45. The van der Waals surface area contributed by atoms with E-state index in [0.717, 1.165) is 31.6 Å². The summed E-state index contributed by atoms with van der Waals surface area (Å²) < 4.78 is 0. The van der Waals surface area contributed by atoms with E-state index in [2.05, 4.69) is 32.4 Å². The molecule has 86 valence electrons. The van der Waals surface area contributed by atoms with Gasteiger partial charge in [0.15, 0.2) is 0 Å². The second-order valence-electron chi connectivity index (χ2n) is 3.88. The van der Waals surface area contributed by atoms with Crippen LogP contribution in [0.2, 0.25) is 0 Å². The number of H-pyrrole nitrogens is 2. The third-order valence-electron chi connectivity index (χ3n) is 2.60. The van der Waals surface area contributed by atoms with Crippen molar-refractivity contribution in [3.63, 3.8) is 0 Å². The molecule has 0 aromatic carbocycles. The predicted octanol–water partition coefficient (Wildman–Crippen LogP) is 1.16. The quantitative estimate of drug-likeness (QED) is 0.639. The van der Waals surface area contributed by atoms with Crippen molar-refractivity contribution in [2.45, 2.75) is 26.3 Å². The Morgan fingerprint density at radius 2 is 2.31 bits per heavy atom. The SMILES string of the molecule is Cc1[nH]ncc1CCCNCc1cnc[nH]1. The van der Waals surface area contributed by atoms with E-state index in [1.807, 2.05) is 12.4 Å². The van der Waals surface area contributed by atoms with Crippen LogP contribution in [0.15, 0.2) is 18.7 Å². The van der Waals surface area contributed by atoms with E-state index in [0.29, 0.717) is 0 Å². The van der Waals surface area contributed by atoms with Gasteiger partial charge in [0.2, 0.25) is 0 Å². The van der Waals surface area contributed by atoms with Gasteiger partial charge in [-0.25, -0.2) is 4.98 Å². The van der Waals surface area contributed by atoms with E-state index in [1.54, 1.807) is 6.33 Å². The molecule has 2 aromatic heterocycles. The van der Waals surface area contributed by atoms with Gasteiger partial charge in [-0.3, -0.25) is 5.10 Å². The summed E-state index contributed by atoms with van der Waals surface area (Å²) in [6.07, 6.45) is 7.64. The molecule has 0 spiro atoms. The summed E-state index contributed by atoms with van der Waals surface area (Å²) in [5.74, 6) is 0. The Morgan fingerprint density at radius 1 is 1.38 bits per heavy atom. The molecule has 0 saturated heterocycles. The monoisotopic (exact) mass is 219 g/mol. The number of hydrogen-bond acceptors (Lipinski definition) is 3. The fraction of sp³-hybridized carbons (Fsp3) is 0.455. The fourth-order valence-electron chi connectivity index (χ4n) is 1.64. The second-order valence-corrected chi connectivity index (χ2v) is 3.88. The minimum atomic E-state index is 0.852. The average molecular weight is 219 g/mol. The normalized spacial score (nSPS) is 10.8. The third-order valence-corrected chi connectivity index (χ3v) is 2.60. The minimum absolute atomic E-state index is 0.852. The standard InChI is InChI=1S/C11H17N5/c1-9-10(5-15-16-9)3-2-4-12-6-11-7-13-8-14-11/h5,7-8,12H,2-4,6H2,1H3,(H,13,14)(H,15,16).